The average molecular weight is 380 g/mol. The lowest BCUT2D eigenvalue weighted by molar-refractivity contribution is -0.142. The maximum absolute atomic E-state index is 12.1. The lowest BCUT2D eigenvalue weighted by atomic mass is 9.98. The number of hydrogen-bond acceptors (Lipinski definition) is 4. The minimum absolute atomic E-state index is 0.0227. The summed E-state index contributed by atoms with van der Waals surface area (Å²) in [5.74, 6) is 0.249. The molecule has 0 N–H and O–H groups in total. The van der Waals surface area contributed by atoms with E-state index >= 15 is 0 Å². The fourth-order valence-electron chi connectivity index (χ4n) is 2.63. The van der Waals surface area contributed by atoms with Crippen LogP contribution >= 0.6 is 11.8 Å². The van der Waals surface area contributed by atoms with Crippen molar-refractivity contribution < 1.29 is 9.53 Å². The molecule has 0 radical (unpaired) electrons. The summed E-state index contributed by atoms with van der Waals surface area (Å²) >= 11 is 1.78. The highest BCUT2D eigenvalue weighted by molar-refractivity contribution is 7.98. The van der Waals surface area contributed by atoms with Crippen molar-refractivity contribution in [2.24, 2.45) is 0 Å². The number of ether oxygens (including phenoxy) is 1. The molecule has 3 nitrogen and oxygen atoms in total. The van der Waals surface area contributed by atoms with Gasteiger partial charge in [0, 0.05) is 10.6 Å². The molecule has 0 fully saturated rings. The van der Waals surface area contributed by atoms with Crippen molar-refractivity contribution >= 4 is 23.8 Å². The number of rotatable bonds is 6. The Morgan fingerprint density at radius 3 is 2.41 bits per heavy atom. The van der Waals surface area contributed by atoms with E-state index in [9.17, 15) is 10.1 Å². The fourth-order valence-corrected chi connectivity index (χ4v) is 3.58. The molecule has 0 spiro atoms. The Balaban J connectivity index is 2.28. The van der Waals surface area contributed by atoms with Gasteiger partial charge >= 0.3 is 5.97 Å². The Labute approximate surface area is 166 Å². The van der Waals surface area contributed by atoms with Gasteiger partial charge in [-0.1, -0.05) is 35.4 Å². The molecule has 2 aromatic rings. The van der Waals surface area contributed by atoms with Gasteiger partial charge in [0.05, 0.1) is 6.10 Å². The van der Waals surface area contributed by atoms with Crippen molar-refractivity contribution in [3.05, 3.63) is 69.8 Å². The molecular formula is C23H25NO2S. The van der Waals surface area contributed by atoms with Gasteiger partial charge in [0.15, 0.2) is 0 Å². The molecule has 0 aliphatic carbocycles. The number of thioether (sulfide) groups is 1. The highest BCUT2D eigenvalue weighted by Crippen LogP contribution is 2.28. The van der Waals surface area contributed by atoms with E-state index < -0.39 is 5.97 Å². The Kier molecular flexibility index (Phi) is 7.27. The van der Waals surface area contributed by atoms with Gasteiger partial charge in [-0.3, -0.25) is 0 Å². The Bertz CT molecular complexity index is 890. The van der Waals surface area contributed by atoms with Crippen molar-refractivity contribution in [2.45, 2.75) is 51.4 Å². The zero-order chi connectivity index (χ0) is 20.0. The molecule has 27 heavy (non-hydrogen) atoms. The molecule has 4 heteroatoms. The van der Waals surface area contributed by atoms with E-state index in [4.69, 9.17) is 4.74 Å². The molecule has 0 saturated carbocycles. The highest BCUT2D eigenvalue weighted by Gasteiger charge is 2.14. The van der Waals surface area contributed by atoms with E-state index in [0.717, 1.165) is 22.4 Å². The van der Waals surface area contributed by atoms with Crippen LogP contribution in [0.4, 0.5) is 0 Å². The number of esters is 1. The minimum Gasteiger partial charge on any atom is -0.459 e. The summed E-state index contributed by atoms with van der Waals surface area (Å²) in [6.07, 6.45) is 1.38. The summed E-state index contributed by atoms with van der Waals surface area (Å²) in [4.78, 5) is 13.3. The van der Waals surface area contributed by atoms with Crippen LogP contribution in [0.2, 0.25) is 0 Å². The molecule has 2 aromatic carbocycles. The zero-order valence-corrected chi connectivity index (χ0v) is 17.3. The molecule has 140 valence electrons. The molecule has 0 heterocycles. The zero-order valence-electron chi connectivity index (χ0n) is 16.5. The Morgan fingerprint density at radius 2 is 1.81 bits per heavy atom. The van der Waals surface area contributed by atoms with Crippen LogP contribution in [0.1, 0.15) is 41.7 Å². The van der Waals surface area contributed by atoms with Gasteiger partial charge in [0.2, 0.25) is 0 Å². The largest absolute Gasteiger partial charge is 0.459 e. The van der Waals surface area contributed by atoms with E-state index in [1.165, 1.54) is 16.0 Å². The first kappa shape index (κ1) is 20.8. The van der Waals surface area contributed by atoms with E-state index in [-0.39, 0.29) is 11.7 Å². The van der Waals surface area contributed by atoms with Crippen LogP contribution < -0.4 is 0 Å². The predicted molar refractivity (Wildman–Crippen MR) is 111 cm³/mol. The molecule has 0 aliphatic rings. The second-order valence-corrected chi connectivity index (χ2v) is 7.91. The normalized spacial score (nSPS) is 11.4. The second-order valence-electron chi connectivity index (χ2n) is 6.86. The van der Waals surface area contributed by atoms with Crippen LogP contribution in [0.15, 0.2) is 46.9 Å². The number of carbonyl (C=O) groups excluding carboxylic acids is 1. The topological polar surface area (TPSA) is 50.1 Å². The van der Waals surface area contributed by atoms with E-state index in [0.29, 0.717) is 0 Å². The lowest BCUT2D eigenvalue weighted by Crippen LogP contribution is -2.12. The van der Waals surface area contributed by atoms with Gasteiger partial charge in [-0.15, -0.1) is 11.8 Å². The molecule has 0 amide bonds. The van der Waals surface area contributed by atoms with Crippen molar-refractivity contribution in [3.63, 3.8) is 0 Å². The number of nitrogens with zero attached hydrogens (tertiary/aromatic N) is 1. The summed E-state index contributed by atoms with van der Waals surface area (Å²) in [5, 5.41) is 9.35. The summed E-state index contributed by atoms with van der Waals surface area (Å²) in [6.45, 7) is 9.67. The lowest BCUT2D eigenvalue weighted by Gasteiger charge is -2.12. The predicted octanol–water partition coefficient (Wildman–Crippen LogP) is 5.76. The average Bonchev–Trinajstić information content (AvgIpc) is 2.61. The van der Waals surface area contributed by atoms with Crippen LogP contribution in [0.25, 0.3) is 6.08 Å². The van der Waals surface area contributed by atoms with Crippen LogP contribution in [0.3, 0.4) is 0 Å². The first-order valence-electron chi connectivity index (χ1n) is 8.92. The SMILES string of the molecule is Cc1ccc(SCc2cc(C)cc(C=C(C#N)C(=O)OC(C)C)c2C)cc1. The minimum atomic E-state index is -0.580. The van der Waals surface area contributed by atoms with Crippen LogP contribution in [0.5, 0.6) is 0 Å². The first-order valence-corrected chi connectivity index (χ1v) is 9.91. The van der Waals surface area contributed by atoms with Crippen LogP contribution in [-0.2, 0) is 15.3 Å². The van der Waals surface area contributed by atoms with Crippen LogP contribution in [-0.4, -0.2) is 12.1 Å². The number of hydrogen-bond donors (Lipinski definition) is 0. The number of nitriles is 1. The third kappa shape index (κ3) is 6.01. The maximum Gasteiger partial charge on any atom is 0.349 e. The molecule has 0 atom stereocenters. The fraction of sp³-hybridized carbons (Fsp3) is 0.304. The Morgan fingerprint density at radius 1 is 1.15 bits per heavy atom. The van der Waals surface area contributed by atoms with Crippen molar-refractivity contribution in [1.82, 2.24) is 0 Å². The molecule has 0 aromatic heterocycles. The third-order valence-corrected chi connectivity index (χ3v) is 5.16. The Hall–Kier alpha value is -2.51. The molecular weight excluding hydrogens is 354 g/mol. The summed E-state index contributed by atoms with van der Waals surface area (Å²) in [5.41, 5.74) is 5.52. The smallest absolute Gasteiger partial charge is 0.349 e. The van der Waals surface area contributed by atoms with Gasteiger partial charge < -0.3 is 4.74 Å². The van der Waals surface area contributed by atoms with Gasteiger partial charge in [0.1, 0.15) is 11.6 Å². The van der Waals surface area contributed by atoms with Crippen molar-refractivity contribution in [3.8, 4) is 6.07 Å². The first-order chi connectivity index (χ1) is 12.8. The van der Waals surface area contributed by atoms with Crippen molar-refractivity contribution in [1.29, 1.82) is 5.26 Å². The van der Waals surface area contributed by atoms with E-state index in [1.807, 2.05) is 26.0 Å². The van der Waals surface area contributed by atoms with Crippen LogP contribution in [0, 0.1) is 32.1 Å². The quantitative estimate of drug-likeness (QED) is 0.277. The number of aryl methyl sites for hydroxylation is 2. The second kappa shape index (κ2) is 9.43. The standard InChI is InChI=1S/C23H25NO2S/c1-15(2)26-23(25)20(13-24)12-19-10-17(4)11-21(18(19)5)14-27-22-8-6-16(3)7-9-22/h6-12,15H,14H2,1-5H3. The molecule has 2 rings (SSSR count). The molecule has 0 unspecified atom stereocenters. The summed E-state index contributed by atoms with van der Waals surface area (Å²) in [6, 6.07) is 14.6. The van der Waals surface area contributed by atoms with Gasteiger partial charge in [-0.25, -0.2) is 4.79 Å². The van der Waals surface area contributed by atoms with Crippen molar-refractivity contribution in [2.75, 3.05) is 0 Å². The number of carbonyl (C=O) groups is 1. The summed E-state index contributed by atoms with van der Waals surface area (Å²) < 4.78 is 5.16. The molecule has 0 saturated heterocycles. The number of benzene rings is 2. The molecule has 0 aliphatic heterocycles. The van der Waals surface area contributed by atoms with Gasteiger partial charge in [-0.05, 0) is 69.5 Å². The maximum atomic E-state index is 12.1. The van der Waals surface area contributed by atoms with E-state index in [2.05, 4.69) is 37.3 Å². The summed E-state index contributed by atoms with van der Waals surface area (Å²) in [7, 11) is 0. The van der Waals surface area contributed by atoms with E-state index in [1.54, 1.807) is 31.7 Å². The highest BCUT2D eigenvalue weighted by atomic mass is 32.2. The molecule has 0 bridgehead atoms. The third-order valence-electron chi connectivity index (χ3n) is 4.10. The monoisotopic (exact) mass is 379 g/mol. The van der Waals surface area contributed by atoms with Gasteiger partial charge in [-0.2, -0.15) is 5.26 Å². The van der Waals surface area contributed by atoms with Gasteiger partial charge in [0.25, 0.3) is 0 Å².